The Kier molecular flexibility index (Phi) is 12.1. The molecule has 57 heavy (non-hydrogen) atoms. The first-order valence-electron chi connectivity index (χ1n) is 19.3. The number of carbonyl (C=O) groups excluding carboxylic acids is 4. The summed E-state index contributed by atoms with van der Waals surface area (Å²) in [6.07, 6.45) is 0.359. The molecule has 2 N–H and O–H groups in total. The molecule has 3 saturated heterocycles. The number of thiocarbonyl (C=S) groups is 1. The highest BCUT2D eigenvalue weighted by atomic mass is 32.1. The number of ether oxygens (including phenoxy) is 1. The molecule has 6 rings (SSSR count). The zero-order valence-electron chi connectivity index (χ0n) is 32.8. The van der Waals surface area contributed by atoms with Gasteiger partial charge in [0, 0.05) is 50.4 Å². The molecule has 17 heteroatoms. The molecule has 3 atom stereocenters. The SMILES string of the molecule is C[C@@H]1CN(CCO[C@H]2CC[C@H](N3C(=S)N(c4ccc(C#N)c(C(F)(F)F)c4)C(=O)C3(C)C)CC2)C[C@H](C)N1CC(=O)Nc1ccc(C2(C)CCC(=O)NC2=O)cn1. The Morgan fingerprint density at radius 1 is 1.07 bits per heavy atom. The molecular formula is C40H49F3N8O5S. The summed E-state index contributed by atoms with van der Waals surface area (Å²) in [5.41, 5.74) is -2.90. The van der Waals surface area contributed by atoms with Crippen molar-refractivity contribution in [2.45, 2.75) is 115 Å². The molecule has 2 aromatic rings. The van der Waals surface area contributed by atoms with Crippen LogP contribution in [-0.2, 0) is 35.5 Å². The molecule has 0 radical (unpaired) electrons. The largest absolute Gasteiger partial charge is 0.417 e. The number of nitrogens with one attached hydrogen (secondary N) is 2. The minimum Gasteiger partial charge on any atom is -0.377 e. The van der Waals surface area contributed by atoms with E-state index in [0.717, 1.165) is 49.5 Å². The van der Waals surface area contributed by atoms with Crippen LogP contribution in [0.4, 0.5) is 24.7 Å². The maximum atomic E-state index is 13.7. The molecule has 13 nitrogen and oxygen atoms in total. The fraction of sp³-hybridized carbons (Fsp3) is 0.575. The van der Waals surface area contributed by atoms with Crippen molar-refractivity contribution in [1.29, 1.82) is 5.26 Å². The third-order valence-corrected chi connectivity index (χ3v) is 12.3. The fourth-order valence-corrected chi connectivity index (χ4v) is 9.22. The van der Waals surface area contributed by atoms with Crippen LogP contribution in [-0.4, -0.2) is 111 Å². The monoisotopic (exact) mass is 810 g/mol. The molecule has 4 heterocycles. The molecule has 4 aliphatic rings. The van der Waals surface area contributed by atoms with Crippen LogP contribution in [0.2, 0.25) is 0 Å². The Labute approximate surface area is 335 Å². The minimum atomic E-state index is -4.76. The molecule has 4 fully saturated rings. The Hall–Kier alpha value is -4.50. The second-order valence-electron chi connectivity index (χ2n) is 16.3. The lowest BCUT2D eigenvalue weighted by Gasteiger charge is -2.44. The van der Waals surface area contributed by atoms with Crippen molar-refractivity contribution in [3.63, 3.8) is 0 Å². The minimum absolute atomic E-state index is 0.0147. The van der Waals surface area contributed by atoms with Crippen LogP contribution in [0.15, 0.2) is 36.5 Å². The highest BCUT2D eigenvalue weighted by Crippen LogP contribution is 2.41. The molecule has 1 aromatic heterocycles. The number of rotatable bonds is 10. The van der Waals surface area contributed by atoms with E-state index in [9.17, 15) is 37.6 Å². The molecule has 1 aromatic carbocycles. The van der Waals surface area contributed by atoms with Gasteiger partial charge in [0.25, 0.3) is 5.91 Å². The lowest BCUT2D eigenvalue weighted by atomic mass is 9.76. The number of halogens is 3. The van der Waals surface area contributed by atoms with Crippen molar-refractivity contribution in [3.8, 4) is 6.07 Å². The van der Waals surface area contributed by atoms with Crippen LogP contribution in [0.5, 0.6) is 0 Å². The summed E-state index contributed by atoms with van der Waals surface area (Å²) in [5, 5.41) is 14.6. The van der Waals surface area contributed by atoms with Gasteiger partial charge in [-0.3, -0.25) is 39.2 Å². The van der Waals surface area contributed by atoms with E-state index in [1.807, 2.05) is 4.90 Å². The van der Waals surface area contributed by atoms with Gasteiger partial charge in [-0.05, 0) is 109 Å². The number of alkyl halides is 3. The summed E-state index contributed by atoms with van der Waals surface area (Å²) in [5.74, 6) is -0.853. The fourth-order valence-electron chi connectivity index (χ4n) is 8.65. The van der Waals surface area contributed by atoms with Gasteiger partial charge in [0.2, 0.25) is 17.7 Å². The normalized spacial score (nSPS) is 27.4. The number of anilines is 2. The van der Waals surface area contributed by atoms with Gasteiger partial charge in [-0.15, -0.1) is 0 Å². The van der Waals surface area contributed by atoms with Gasteiger partial charge in [-0.25, -0.2) is 4.98 Å². The van der Waals surface area contributed by atoms with E-state index in [4.69, 9.17) is 17.0 Å². The van der Waals surface area contributed by atoms with Crippen molar-refractivity contribution in [2.75, 3.05) is 43.0 Å². The van der Waals surface area contributed by atoms with E-state index in [-0.39, 0.29) is 65.7 Å². The lowest BCUT2D eigenvalue weighted by molar-refractivity contribution is -0.138. The van der Waals surface area contributed by atoms with Gasteiger partial charge in [-0.1, -0.05) is 6.07 Å². The van der Waals surface area contributed by atoms with Crippen molar-refractivity contribution >= 4 is 52.5 Å². The van der Waals surface area contributed by atoms with Gasteiger partial charge in [0.1, 0.15) is 11.4 Å². The maximum Gasteiger partial charge on any atom is 0.417 e. The number of piperazine rings is 1. The molecule has 1 unspecified atom stereocenters. The Morgan fingerprint density at radius 3 is 2.35 bits per heavy atom. The maximum absolute atomic E-state index is 13.7. The predicted octanol–water partition coefficient (Wildman–Crippen LogP) is 4.74. The van der Waals surface area contributed by atoms with E-state index in [1.54, 1.807) is 45.2 Å². The molecule has 4 amide bonds. The number of carbonyl (C=O) groups is 4. The van der Waals surface area contributed by atoms with Crippen LogP contribution >= 0.6 is 12.2 Å². The van der Waals surface area contributed by atoms with E-state index in [2.05, 4.69) is 39.3 Å². The Bertz CT molecular complexity index is 1940. The average molecular weight is 811 g/mol. The van der Waals surface area contributed by atoms with Gasteiger partial charge in [0.15, 0.2) is 5.11 Å². The second kappa shape index (κ2) is 16.4. The predicted molar refractivity (Wildman–Crippen MR) is 209 cm³/mol. The smallest absolute Gasteiger partial charge is 0.377 e. The standard InChI is InChI=1S/C40H49F3N8O5S/c1-24-21-48(22-25(2)49(24)23-34(53)46-32-13-7-27(20-45-32)39(5)15-14-33(52)47-35(39)54)16-17-56-30-11-9-28(10-12-30)51-37(57)50(36(55)38(51,3)4)29-8-6-26(19-44)31(18-29)40(41,42)43/h6-8,13,18,20,24-25,28,30H,9-12,14-17,21-23H2,1-5H3,(H,45,46,53)(H,47,52,54)/t24-,25+,28-,30-,39?. The molecule has 3 aliphatic heterocycles. The van der Waals surface area contributed by atoms with E-state index >= 15 is 0 Å². The topological polar surface area (TPSA) is 151 Å². The Morgan fingerprint density at radius 2 is 1.75 bits per heavy atom. The van der Waals surface area contributed by atoms with Crippen LogP contribution in [0, 0.1) is 11.3 Å². The molecule has 1 aliphatic carbocycles. The number of imide groups is 1. The number of piperidine rings is 1. The average Bonchev–Trinajstić information content (AvgIpc) is 3.33. The van der Waals surface area contributed by atoms with Crippen molar-refractivity contribution in [3.05, 3.63) is 53.2 Å². The summed E-state index contributed by atoms with van der Waals surface area (Å²) in [4.78, 5) is 62.7. The van der Waals surface area contributed by atoms with E-state index in [1.165, 1.54) is 6.07 Å². The van der Waals surface area contributed by atoms with Crippen LogP contribution in [0.3, 0.4) is 0 Å². The highest BCUT2D eigenvalue weighted by molar-refractivity contribution is 7.80. The number of hydrogen-bond donors (Lipinski definition) is 2. The summed E-state index contributed by atoms with van der Waals surface area (Å²) in [6, 6.07) is 8.35. The molecule has 1 saturated carbocycles. The molecule has 0 bridgehead atoms. The number of benzene rings is 1. The lowest BCUT2D eigenvalue weighted by Crippen LogP contribution is -2.58. The zero-order valence-corrected chi connectivity index (χ0v) is 33.6. The summed E-state index contributed by atoms with van der Waals surface area (Å²) in [7, 11) is 0. The van der Waals surface area contributed by atoms with Gasteiger partial charge in [0.05, 0.1) is 47.6 Å². The Balaban J connectivity index is 0.947. The summed E-state index contributed by atoms with van der Waals surface area (Å²) < 4.78 is 47.5. The first-order chi connectivity index (χ1) is 26.8. The van der Waals surface area contributed by atoms with Crippen LogP contribution in [0.1, 0.15) is 89.8 Å². The van der Waals surface area contributed by atoms with Crippen molar-refractivity contribution in [2.24, 2.45) is 0 Å². The zero-order chi connectivity index (χ0) is 41.4. The van der Waals surface area contributed by atoms with Gasteiger partial charge >= 0.3 is 6.18 Å². The van der Waals surface area contributed by atoms with Crippen LogP contribution in [0.25, 0.3) is 0 Å². The molecule has 0 spiro atoms. The number of nitriles is 1. The van der Waals surface area contributed by atoms with Crippen molar-refractivity contribution < 1.29 is 37.1 Å². The van der Waals surface area contributed by atoms with E-state index < -0.39 is 34.2 Å². The highest BCUT2D eigenvalue weighted by Gasteiger charge is 2.53. The van der Waals surface area contributed by atoms with Gasteiger partial charge < -0.3 is 15.0 Å². The molecule has 306 valence electrons. The third kappa shape index (κ3) is 8.69. The number of hydrogen-bond acceptors (Lipinski definition) is 10. The summed E-state index contributed by atoms with van der Waals surface area (Å²) in [6.45, 7) is 12.4. The van der Waals surface area contributed by atoms with Gasteiger partial charge in [-0.2, -0.15) is 18.4 Å². The first kappa shape index (κ1) is 42.1. The quantitative estimate of drug-likeness (QED) is 0.253. The molecular weight excluding hydrogens is 762 g/mol. The summed E-state index contributed by atoms with van der Waals surface area (Å²) >= 11 is 5.73. The number of aromatic nitrogens is 1. The second-order valence-corrected chi connectivity index (χ2v) is 16.7. The first-order valence-corrected chi connectivity index (χ1v) is 19.7. The number of nitrogens with zero attached hydrogens (tertiary/aromatic N) is 6. The number of pyridine rings is 1. The van der Waals surface area contributed by atoms with E-state index in [0.29, 0.717) is 37.3 Å². The van der Waals surface area contributed by atoms with Crippen molar-refractivity contribution in [1.82, 2.24) is 25.0 Å². The third-order valence-electron chi connectivity index (χ3n) is 12.0. The van der Waals surface area contributed by atoms with Crippen LogP contribution < -0.4 is 15.5 Å². The number of amides is 4.